The van der Waals surface area contributed by atoms with Gasteiger partial charge < -0.3 is 0 Å². The van der Waals surface area contributed by atoms with Crippen molar-refractivity contribution in [1.29, 1.82) is 0 Å². The van der Waals surface area contributed by atoms with Gasteiger partial charge in [0.1, 0.15) is 0 Å². The Morgan fingerprint density at radius 1 is 1.22 bits per heavy atom. The molecular formula is C13H16BrClO2S. The van der Waals surface area contributed by atoms with Crippen LogP contribution in [0.2, 0.25) is 5.02 Å². The number of alkyl halides is 1. The zero-order valence-corrected chi connectivity index (χ0v) is 13.2. The van der Waals surface area contributed by atoms with Crippen LogP contribution in [0.15, 0.2) is 24.3 Å². The molecule has 0 saturated heterocycles. The quantitative estimate of drug-likeness (QED) is 0.756. The molecule has 1 aliphatic carbocycles. The molecule has 1 aromatic rings. The molecular weight excluding hydrogens is 336 g/mol. The monoisotopic (exact) mass is 350 g/mol. The minimum atomic E-state index is -3.05. The summed E-state index contributed by atoms with van der Waals surface area (Å²) in [5, 5.41) is 1.41. The van der Waals surface area contributed by atoms with Crippen molar-refractivity contribution >= 4 is 37.4 Å². The molecule has 2 rings (SSSR count). The summed E-state index contributed by atoms with van der Waals surface area (Å²) in [7, 11) is -3.05. The van der Waals surface area contributed by atoms with Gasteiger partial charge in [-0.1, -0.05) is 46.1 Å². The van der Waals surface area contributed by atoms with Crippen LogP contribution in [0.4, 0.5) is 0 Å². The lowest BCUT2D eigenvalue weighted by Gasteiger charge is -2.40. The minimum Gasteiger partial charge on any atom is -0.228 e. The largest absolute Gasteiger partial charge is 0.228 e. The maximum atomic E-state index is 12.2. The number of hydrogen-bond acceptors (Lipinski definition) is 2. The number of benzene rings is 1. The van der Waals surface area contributed by atoms with Gasteiger partial charge in [0.15, 0.2) is 9.84 Å². The van der Waals surface area contributed by atoms with Gasteiger partial charge in [0, 0.05) is 10.4 Å². The molecule has 100 valence electrons. The van der Waals surface area contributed by atoms with E-state index >= 15 is 0 Å². The van der Waals surface area contributed by atoms with Crippen LogP contribution in [0.3, 0.4) is 0 Å². The Morgan fingerprint density at radius 3 is 2.28 bits per heavy atom. The average molecular weight is 352 g/mol. The Morgan fingerprint density at radius 2 is 1.83 bits per heavy atom. The summed E-state index contributed by atoms with van der Waals surface area (Å²) in [4.78, 5) is 0. The average Bonchev–Trinajstić information content (AvgIpc) is 2.27. The molecule has 0 spiro atoms. The fraction of sp³-hybridized carbons (Fsp3) is 0.538. The Kier molecular flexibility index (Phi) is 4.40. The number of hydrogen-bond donors (Lipinski definition) is 0. The molecule has 0 atom stereocenters. The molecule has 1 aromatic carbocycles. The van der Waals surface area contributed by atoms with Gasteiger partial charge in [0.05, 0.1) is 11.5 Å². The van der Waals surface area contributed by atoms with Crippen LogP contribution in [-0.4, -0.2) is 19.5 Å². The molecule has 0 unspecified atom stereocenters. The van der Waals surface area contributed by atoms with Crippen LogP contribution in [0.5, 0.6) is 0 Å². The third-order valence-electron chi connectivity index (χ3n) is 3.52. The number of rotatable bonds is 5. The van der Waals surface area contributed by atoms with Crippen LogP contribution < -0.4 is 0 Å². The predicted molar refractivity (Wildman–Crippen MR) is 79.0 cm³/mol. The van der Waals surface area contributed by atoms with Gasteiger partial charge in [-0.3, -0.25) is 0 Å². The standard InChI is InChI=1S/C13H16BrClO2S/c14-9-13(6-1-7-13)10-18(16,17)8-11-2-4-12(15)5-3-11/h2-5H,1,6-10H2. The van der Waals surface area contributed by atoms with Crippen molar-refractivity contribution in [2.75, 3.05) is 11.1 Å². The van der Waals surface area contributed by atoms with Crippen LogP contribution in [0, 0.1) is 5.41 Å². The first-order valence-electron chi connectivity index (χ1n) is 5.96. The maximum Gasteiger partial charge on any atom is 0.155 e. The van der Waals surface area contributed by atoms with E-state index in [1.807, 2.05) is 0 Å². The molecule has 0 amide bonds. The van der Waals surface area contributed by atoms with E-state index in [9.17, 15) is 8.42 Å². The van der Waals surface area contributed by atoms with Crippen molar-refractivity contribution in [2.45, 2.75) is 25.0 Å². The first-order chi connectivity index (χ1) is 8.45. The molecule has 0 heterocycles. The Bertz CT molecular complexity index is 501. The lowest BCUT2D eigenvalue weighted by Crippen LogP contribution is -2.38. The van der Waals surface area contributed by atoms with Gasteiger partial charge in [-0.05, 0) is 36.0 Å². The minimum absolute atomic E-state index is 0.0226. The van der Waals surface area contributed by atoms with Gasteiger partial charge in [-0.15, -0.1) is 0 Å². The highest BCUT2D eigenvalue weighted by atomic mass is 79.9. The van der Waals surface area contributed by atoms with Crippen molar-refractivity contribution in [1.82, 2.24) is 0 Å². The second-order valence-electron chi connectivity index (χ2n) is 5.15. The Labute approximate surface area is 122 Å². The van der Waals surface area contributed by atoms with Crippen molar-refractivity contribution < 1.29 is 8.42 Å². The molecule has 0 aliphatic heterocycles. The topological polar surface area (TPSA) is 34.1 Å². The van der Waals surface area contributed by atoms with Crippen molar-refractivity contribution in [3.8, 4) is 0 Å². The highest BCUT2D eigenvalue weighted by molar-refractivity contribution is 9.09. The fourth-order valence-electron chi connectivity index (χ4n) is 2.35. The zero-order valence-electron chi connectivity index (χ0n) is 10.0. The van der Waals surface area contributed by atoms with Crippen molar-refractivity contribution in [2.24, 2.45) is 5.41 Å². The van der Waals surface area contributed by atoms with Crippen LogP contribution in [-0.2, 0) is 15.6 Å². The highest BCUT2D eigenvalue weighted by Gasteiger charge is 2.39. The van der Waals surface area contributed by atoms with E-state index < -0.39 is 9.84 Å². The number of sulfone groups is 1. The first kappa shape index (κ1) is 14.4. The molecule has 5 heteroatoms. The highest BCUT2D eigenvalue weighted by Crippen LogP contribution is 2.43. The summed E-state index contributed by atoms with van der Waals surface area (Å²) in [6.45, 7) is 0. The van der Waals surface area contributed by atoms with Gasteiger partial charge >= 0.3 is 0 Å². The van der Waals surface area contributed by atoms with Crippen LogP contribution >= 0.6 is 27.5 Å². The van der Waals surface area contributed by atoms with E-state index in [0.29, 0.717) is 5.02 Å². The Hall–Kier alpha value is -0.0600. The van der Waals surface area contributed by atoms with Gasteiger partial charge in [-0.2, -0.15) is 0 Å². The Balaban J connectivity index is 2.05. The smallest absolute Gasteiger partial charge is 0.155 e. The van der Waals surface area contributed by atoms with E-state index in [4.69, 9.17) is 11.6 Å². The molecule has 1 aliphatic rings. The van der Waals surface area contributed by atoms with E-state index in [2.05, 4.69) is 15.9 Å². The molecule has 1 saturated carbocycles. The van der Waals surface area contributed by atoms with Crippen molar-refractivity contribution in [3.63, 3.8) is 0 Å². The summed E-state index contributed by atoms with van der Waals surface area (Å²) >= 11 is 9.24. The SMILES string of the molecule is O=S(=O)(Cc1ccc(Cl)cc1)CC1(CBr)CCC1. The molecule has 2 nitrogen and oxygen atoms in total. The van der Waals surface area contributed by atoms with Gasteiger partial charge in [-0.25, -0.2) is 8.42 Å². The maximum absolute atomic E-state index is 12.2. The van der Waals surface area contributed by atoms with E-state index in [-0.39, 0.29) is 16.9 Å². The molecule has 1 fully saturated rings. The fourth-order valence-corrected chi connectivity index (χ4v) is 5.62. The summed E-state index contributed by atoms with van der Waals surface area (Å²) in [5.41, 5.74) is 0.786. The zero-order chi connectivity index (χ0) is 13.2. The summed E-state index contributed by atoms with van der Waals surface area (Å²) < 4.78 is 24.4. The second-order valence-corrected chi connectivity index (χ2v) is 8.21. The van der Waals surface area contributed by atoms with Crippen molar-refractivity contribution in [3.05, 3.63) is 34.9 Å². The lowest BCUT2D eigenvalue weighted by molar-refractivity contribution is 0.203. The normalized spacial score (nSPS) is 18.3. The molecule has 0 radical (unpaired) electrons. The lowest BCUT2D eigenvalue weighted by atomic mass is 9.72. The van der Waals surface area contributed by atoms with Gasteiger partial charge in [0.25, 0.3) is 0 Å². The summed E-state index contributed by atoms with van der Waals surface area (Å²) in [6.07, 6.45) is 3.16. The number of halogens is 2. The third kappa shape index (κ3) is 3.49. The van der Waals surface area contributed by atoms with Crippen LogP contribution in [0.1, 0.15) is 24.8 Å². The molecule has 0 aromatic heterocycles. The molecule has 0 N–H and O–H groups in total. The summed E-state index contributed by atoms with van der Waals surface area (Å²) in [5.74, 6) is 0.396. The molecule has 18 heavy (non-hydrogen) atoms. The predicted octanol–water partition coefficient (Wildman–Crippen LogP) is 3.82. The van der Waals surface area contributed by atoms with E-state index in [1.54, 1.807) is 24.3 Å². The van der Waals surface area contributed by atoms with Gasteiger partial charge in [0.2, 0.25) is 0 Å². The van der Waals surface area contributed by atoms with E-state index in [0.717, 1.165) is 30.2 Å². The summed E-state index contributed by atoms with van der Waals surface area (Å²) in [6, 6.07) is 7.02. The third-order valence-corrected chi connectivity index (χ3v) is 6.79. The van der Waals surface area contributed by atoms with E-state index in [1.165, 1.54) is 0 Å². The van der Waals surface area contributed by atoms with Crippen LogP contribution in [0.25, 0.3) is 0 Å². The second kappa shape index (κ2) is 5.51. The molecule has 0 bridgehead atoms. The first-order valence-corrected chi connectivity index (χ1v) is 9.28.